The second-order valence-electron chi connectivity index (χ2n) is 4.47. The minimum absolute atomic E-state index is 0.539. The summed E-state index contributed by atoms with van der Waals surface area (Å²) in [7, 11) is 1.64. The topological polar surface area (TPSA) is 35.0 Å². The summed E-state index contributed by atoms with van der Waals surface area (Å²) in [6.45, 7) is 0. The fourth-order valence-corrected chi connectivity index (χ4v) is 3.14. The molecule has 5 heteroatoms. The first-order valence-electron chi connectivity index (χ1n) is 6.42. The zero-order valence-electron chi connectivity index (χ0n) is 11.4. The van der Waals surface area contributed by atoms with Crippen LogP contribution in [0.25, 0.3) is 10.9 Å². The van der Waals surface area contributed by atoms with Crippen molar-refractivity contribution in [3.63, 3.8) is 0 Å². The minimum Gasteiger partial charge on any atom is -0.497 e. The van der Waals surface area contributed by atoms with E-state index in [4.69, 9.17) is 16.3 Å². The summed E-state index contributed by atoms with van der Waals surface area (Å²) >= 11 is 8.00. The Kier molecular flexibility index (Phi) is 4.27. The van der Waals surface area contributed by atoms with Gasteiger partial charge in [-0.1, -0.05) is 11.6 Å². The first-order chi connectivity index (χ1) is 10.3. The number of methoxy groups -OCH3 is 1. The molecule has 0 saturated heterocycles. The Morgan fingerprint density at radius 3 is 2.71 bits per heavy atom. The van der Waals surface area contributed by atoms with Crippen molar-refractivity contribution < 1.29 is 4.74 Å². The summed E-state index contributed by atoms with van der Waals surface area (Å²) in [6.07, 6.45) is 3.57. The number of pyridine rings is 2. The SMILES string of the molecule is COc1ccc2cc(CSc3ccncc3)c(Cl)nc2c1. The number of ether oxygens (including phenoxy) is 1. The molecule has 0 saturated carbocycles. The molecule has 3 nitrogen and oxygen atoms in total. The lowest BCUT2D eigenvalue weighted by atomic mass is 10.1. The van der Waals surface area contributed by atoms with E-state index in [1.165, 1.54) is 0 Å². The molecule has 0 amide bonds. The molecule has 0 atom stereocenters. The lowest BCUT2D eigenvalue weighted by molar-refractivity contribution is 0.415. The molecule has 0 radical (unpaired) electrons. The first-order valence-corrected chi connectivity index (χ1v) is 7.78. The number of thioether (sulfide) groups is 1. The maximum absolute atomic E-state index is 6.29. The van der Waals surface area contributed by atoms with Crippen LogP contribution in [0.3, 0.4) is 0 Å². The lowest BCUT2D eigenvalue weighted by Gasteiger charge is -2.07. The summed E-state index contributed by atoms with van der Waals surface area (Å²) in [5, 5.41) is 1.60. The molecule has 0 aliphatic heterocycles. The molecule has 0 N–H and O–H groups in total. The van der Waals surface area contributed by atoms with Crippen molar-refractivity contribution in [2.24, 2.45) is 0 Å². The number of halogens is 1. The quantitative estimate of drug-likeness (QED) is 0.521. The van der Waals surface area contributed by atoms with Gasteiger partial charge in [0.15, 0.2) is 0 Å². The Hall–Kier alpha value is -1.78. The number of fused-ring (bicyclic) bond motifs is 1. The molecule has 1 aromatic carbocycles. The predicted molar refractivity (Wildman–Crippen MR) is 87.1 cm³/mol. The standard InChI is InChI=1S/C16H13ClN2OS/c1-20-13-3-2-11-8-12(16(17)19-15(11)9-13)10-21-14-4-6-18-7-5-14/h2-9H,10H2,1H3. The van der Waals surface area contributed by atoms with Gasteiger partial charge >= 0.3 is 0 Å². The Labute approximate surface area is 132 Å². The Bertz CT molecular complexity index is 765. The molecule has 0 aliphatic rings. The summed E-state index contributed by atoms with van der Waals surface area (Å²) < 4.78 is 5.20. The highest BCUT2D eigenvalue weighted by atomic mass is 35.5. The van der Waals surface area contributed by atoms with Gasteiger partial charge in [-0.15, -0.1) is 11.8 Å². The van der Waals surface area contributed by atoms with Gasteiger partial charge in [-0.25, -0.2) is 4.98 Å². The van der Waals surface area contributed by atoms with Crippen molar-refractivity contribution in [3.05, 3.63) is 59.5 Å². The molecule has 2 heterocycles. The van der Waals surface area contributed by atoms with E-state index in [-0.39, 0.29) is 0 Å². The van der Waals surface area contributed by atoms with Crippen molar-refractivity contribution in [2.45, 2.75) is 10.6 Å². The van der Waals surface area contributed by atoms with Crippen LogP contribution in [0.4, 0.5) is 0 Å². The van der Waals surface area contributed by atoms with Crippen LogP contribution in [0.1, 0.15) is 5.56 Å². The highest BCUT2D eigenvalue weighted by Crippen LogP contribution is 2.29. The largest absolute Gasteiger partial charge is 0.497 e. The van der Waals surface area contributed by atoms with Crippen molar-refractivity contribution in [1.82, 2.24) is 9.97 Å². The van der Waals surface area contributed by atoms with Crippen molar-refractivity contribution in [3.8, 4) is 5.75 Å². The second-order valence-corrected chi connectivity index (χ2v) is 5.88. The zero-order chi connectivity index (χ0) is 14.7. The monoisotopic (exact) mass is 316 g/mol. The van der Waals surface area contributed by atoms with Crippen molar-refractivity contribution >= 4 is 34.3 Å². The minimum atomic E-state index is 0.539. The number of aromatic nitrogens is 2. The van der Waals surface area contributed by atoms with Gasteiger partial charge in [0.1, 0.15) is 10.9 Å². The van der Waals surface area contributed by atoms with Crippen LogP contribution in [0, 0.1) is 0 Å². The smallest absolute Gasteiger partial charge is 0.133 e. The average Bonchev–Trinajstić information content (AvgIpc) is 2.53. The van der Waals surface area contributed by atoms with Crippen molar-refractivity contribution in [1.29, 1.82) is 0 Å². The van der Waals surface area contributed by atoms with Gasteiger partial charge in [0, 0.05) is 40.1 Å². The number of benzene rings is 1. The van der Waals surface area contributed by atoms with Gasteiger partial charge in [0.2, 0.25) is 0 Å². The van der Waals surface area contributed by atoms with E-state index in [0.29, 0.717) is 5.15 Å². The third-order valence-electron chi connectivity index (χ3n) is 3.09. The predicted octanol–water partition coefficient (Wildman–Crippen LogP) is 4.58. The third-order valence-corrected chi connectivity index (χ3v) is 4.48. The van der Waals surface area contributed by atoms with Crippen molar-refractivity contribution in [2.75, 3.05) is 7.11 Å². The van der Waals surface area contributed by atoms with Crippen LogP contribution in [-0.4, -0.2) is 17.1 Å². The number of hydrogen-bond donors (Lipinski definition) is 0. The normalized spacial score (nSPS) is 10.8. The molecule has 21 heavy (non-hydrogen) atoms. The first kappa shape index (κ1) is 14.2. The van der Waals surface area contributed by atoms with E-state index in [0.717, 1.165) is 32.9 Å². The summed E-state index contributed by atoms with van der Waals surface area (Å²) in [6, 6.07) is 11.9. The van der Waals surface area contributed by atoms with Crippen LogP contribution in [-0.2, 0) is 5.75 Å². The number of rotatable bonds is 4. The maximum Gasteiger partial charge on any atom is 0.133 e. The fraction of sp³-hybridized carbons (Fsp3) is 0.125. The molecule has 0 bridgehead atoms. The number of hydrogen-bond acceptors (Lipinski definition) is 4. The van der Waals surface area contributed by atoms with Gasteiger partial charge in [0.05, 0.1) is 12.6 Å². The second kappa shape index (κ2) is 6.33. The van der Waals surface area contributed by atoms with E-state index in [9.17, 15) is 0 Å². The molecular weight excluding hydrogens is 304 g/mol. The van der Waals surface area contributed by atoms with Crippen LogP contribution in [0.5, 0.6) is 5.75 Å². The van der Waals surface area contributed by atoms with Gasteiger partial charge in [-0.3, -0.25) is 4.98 Å². The van der Waals surface area contributed by atoms with Crippen LogP contribution < -0.4 is 4.74 Å². The Morgan fingerprint density at radius 1 is 1.14 bits per heavy atom. The van der Waals surface area contributed by atoms with Gasteiger partial charge in [0.25, 0.3) is 0 Å². The molecule has 0 fully saturated rings. The molecule has 0 unspecified atom stereocenters. The zero-order valence-corrected chi connectivity index (χ0v) is 13.0. The molecule has 3 rings (SSSR count). The highest BCUT2D eigenvalue weighted by molar-refractivity contribution is 7.98. The van der Waals surface area contributed by atoms with Gasteiger partial charge in [-0.05, 0) is 30.3 Å². The summed E-state index contributed by atoms with van der Waals surface area (Å²) in [5.41, 5.74) is 1.87. The van der Waals surface area contributed by atoms with Crippen LogP contribution in [0.15, 0.2) is 53.7 Å². The Morgan fingerprint density at radius 2 is 1.95 bits per heavy atom. The fourth-order valence-electron chi connectivity index (χ4n) is 1.99. The van der Waals surface area contributed by atoms with Crippen LogP contribution in [0.2, 0.25) is 5.15 Å². The van der Waals surface area contributed by atoms with Gasteiger partial charge in [-0.2, -0.15) is 0 Å². The molecule has 0 aliphatic carbocycles. The van der Waals surface area contributed by atoms with E-state index in [1.807, 2.05) is 30.3 Å². The molecule has 2 aromatic heterocycles. The number of nitrogens with zero attached hydrogens (tertiary/aromatic N) is 2. The highest BCUT2D eigenvalue weighted by Gasteiger charge is 2.07. The van der Waals surface area contributed by atoms with E-state index in [1.54, 1.807) is 31.3 Å². The van der Waals surface area contributed by atoms with E-state index < -0.39 is 0 Å². The molecule has 106 valence electrons. The summed E-state index contributed by atoms with van der Waals surface area (Å²) in [5.74, 6) is 1.56. The molecular formula is C16H13ClN2OS. The van der Waals surface area contributed by atoms with E-state index in [2.05, 4.69) is 16.0 Å². The lowest BCUT2D eigenvalue weighted by Crippen LogP contribution is -1.90. The third kappa shape index (κ3) is 3.28. The van der Waals surface area contributed by atoms with Gasteiger partial charge < -0.3 is 4.74 Å². The molecule has 0 spiro atoms. The maximum atomic E-state index is 6.29. The Balaban J connectivity index is 1.87. The van der Waals surface area contributed by atoms with E-state index >= 15 is 0 Å². The molecule has 3 aromatic rings. The average molecular weight is 317 g/mol. The summed E-state index contributed by atoms with van der Waals surface area (Å²) in [4.78, 5) is 9.63. The van der Waals surface area contributed by atoms with Crippen LogP contribution >= 0.6 is 23.4 Å².